The van der Waals surface area contributed by atoms with E-state index < -0.39 is 11.7 Å². The third-order valence-corrected chi connectivity index (χ3v) is 2.74. The molecule has 0 unspecified atom stereocenters. The van der Waals surface area contributed by atoms with Gasteiger partial charge in [-0.15, -0.1) is 0 Å². The number of guanidine groups is 1. The summed E-state index contributed by atoms with van der Waals surface area (Å²) in [5, 5.41) is 2.62. The Morgan fingerprint density at radius 3 is 2.67 bits per heavy atom. The molecule has 0 aromatic heterocycles. The van der Waals surface area contributed by atoms with Crippen LogP contribution in [0.25, 0.3) is 0 Å². The van der Waals surface area contributed by atoms with Crippen LogP contribution >= 0.6 is 15.9 Å². The third kappa shape index (κ3) is 4.21. The molecule has 0 atom stereocenters. The zero-order chi connectivity index (χ0) is 13.8. The Kier molecular flexibility index (Phi) is 5.01. The highest BCUT2D eigenvalue weighted by atomic mass is 79.9. The number of anilines is 1. The van der Waals surface area contributed by atoms with Gasteiger partial charge in [-0.25, -0.2) is 0 Å². The zero-order valence-corrected chi connectivity index (χ0v) is 11.3. The van der Waals surface area contributed by atoms with E-state index in [9.17, 15) is 13.2 Å². The van der Waals surface area contributed by atoms with Crippen molar-refractivity contribution in [3.05, 3.63) is 28.2 Å². The minimum atomic E-state index is -4.41. The number of halogens is 4. The van der Waals surface area contributed by atoms with Crippen LogP contribution in [0.1, 0.15) is 18.9 Å². The van der Waals surface area contributed by atoms with Gasteiger partial charge in [0.05, 0.1) is 5.56 Å². The molecule has 3 N–H and O–H groups in total. The minimum absolute atomic E-state index is 0.00961. The Morgan fingerprint density at radius 1 is 1.44 bits per heavy atom. The lowest BCUT2D eigenvalue weighted by Gasteiger charge is -2.12. The summed E-state index contributed by atoms with van der Waals surface area (Å²) < 4.78 is 37.9. The Balaban J connectivity index is 2.92. The van der Waals surface area contributed by atoms with Gasteiger partial charge in [0.25, 0.3) is 0 Å². The van der Waals surface area contributed by atoms with Crippen molar-refractivity contribution < 1.29 is 13.2 Å². The number of aliphatic imine (C=N–C) groups is 1. The fourth-order valence-corrected chi connectivity index (χ4v) is 1.71. The molecule has 1 rings (SSSR count). The van der Waals surface area contributed by atoms with E-state index in [4.69, 9.17) is 5.73 Å². The topological polar surface area (TPSA) is 50.4 Å². The van der Waals surface area contributed by atoms with E-state index >= 15 is 0 Å². The van der Waals surface area contributed by atoms with Crippen molar-refractivity contribution in [1.82, 2.24) is 0 Å². The average molecular weight is 324 g/mol. The van der Waals surface area contributed by atoms with Crippen LogP contribution in [-0.4, -0.2) is 12.5 Å². The molecule has 0 aliphatic rings. The van der Waals surface area contributed by atoms with Gasteiger partial charge in [0.1, 0.15) is 0 Å². The van der Waals surface area contributed by atoms with E-state index in [1.807, 2.05) is 6.92 Å². The molecule has 7 heteroatoms. The number of hydrogen-bond acceptors (Lipinski definition) is 1. The van der Waals surface area contributed by atoms with Crippen LogP contribution in [0.15, 0.2) is 27.7 Å². The fourth-order valence-electron chi connectivity index (χ4n) is 1.24. The van der Waals surface area contributed by atoms with E-state index in [1.165, 1.54) is 12.1 Å². The van der Waals surface area contributed by atoms with Gasteiger partial charge in [-0.1, -0.05) is 22.9 Å². The smallest absolute Gasteiger partial charge is 0.370 e. The molecule has 1 aromatic carbocycles. The lowest BCUT2D eigenvalue weighted by molar-refractivity contribution is -0.138. The van der Waals surface area contributed by atoms with Gasteiger partial charge in [0.15, 0.2) is 5.96 Å². The second kappa shape index (κ2) is 6.08. The summed E-state index contributed by atoms with van der Waals surface area (Å²) in [4.78, 5) is 3.94. The molecular formula is C11H13BrF3N3. The summed E-state index contributed by atoms with van der Waals surface area (Å²) in [5.41, 5.74) is 5.03. The van der Waals surface area contributed by atoms with Crippen molar-refractivity contribution in [2.24, 2.45) is 10.7 Å². The monoisotopic (exact) mass is 323 g/mol. The van der Waals surface area contributed by atoms with Crippen LogP contribution in [0, 0.1) is 0 Å². The van der Waals surface area contributed by atoms with Crippen LogP contribution in [0.2, 0.25) is 0 Å². The van der Waals surface area contributed by atoms with Crippen molar-refractivity contribution >= 4 is 27.6 Å². The van der Waals surface area contributed by atoms with Crippen molar-refractivity contribution in [2.45, 2.75) is 19.5 Å². The molecule has 0 saturated carbocycles. The first-order valence-corrected chi connectivity index (χ1v) is 6.07. The number of benzene rings is 1. The van der Waals surface area contributed by atoms with Gasteiger partial charge in [-0.3, -0.25) is 4.99 Å². The summed E-state index contributed by atoms with van der Waals surface area (Å²) in [6.45, 7) is 2.46. The van der Waals surface area contributed by atoms with Crippen molar-refractivity contribution in [3.63, 3.8) is 0 Å². The largest absolute Gasteiger partial charge is 0.417 e. The predicted molar refractivity (Wildman–Crippen MR) is 69.5 cm³/mol. The highest BCUT2D eigenvalue weighted by Gasteiger charge is 2.33. The van der Waals surface area contributed by atoms with Crippen molar-refractivity contribution in [3.8, 4) is 0 Å². The van der Waals surface area contributed by atoms with Gasteiger partial charge < -0.3 is 11.1 Å². The predicted octanol–water partition coefficient (Wildman–Crippen LogP) is 3.60. The van der Waals surface area contributed by atoms with Crippen LogP contribution in [0.4, 0.5) is 18.9 Å². The average Bonchev–Trinajstić information content (AvgIpc) is 2.27. The number of nitrogens with one attached hydrogen (secondary N) is 1. The molecule has 3 nitrogen and oxygen atoms in total. The standard InChI is InChI=1S/C11H13BrF3N3/c1-2-5-17-10(16)18-7-3-4-9(12)8(6-7)11(13,14)15/h3-4,6H,2,5H2,1H3,(H3,16,17,18). The molecule has 100 valence electrons. The summed E-state index contributed by atoms with van der Waals surface area (Å²) in [5.74, 6) is 0.104. The molecule has 0 fully saturated rings. The van der Waals surface area contributed by atoms with E-state index in [2.05, 4.69) is 26.2 Å². The number of hydrogen-bond donors (Lipinski definition) is 2. The van der Waals surface area contributed by atoms with Crippen molar-refractivity contribution in [2.75, 3.05) is 11.9 Å². The molecule has 0 bridgehead atoms. The maximum Gasteiger partial charge on any atom is 0.417 e. The highest BCUT2D eigenvalue weighted by molar-refractivity contribution is 9.10. The quantitative estimate of drug-likeness (QED) is 0.659. The molecule has 0 radical (unpaired) electrons. The SMILES string of the molecule is CCCN=C(N)Nc1ccc(Br)c(C(F)(F)F)c1. The summed E-state index contributed by atoms with van der Waals surface area (Å²) in [6, 6.07) is 3.80. The first-order chi connectivity index (χ1) is 8.34. The Labute approximate surface area is 111 Å². The number of rotatable bonds is 3. The second-order valence-electron chi connectivity index (χ2n) is 3.58. The molecule has 0 aliphatic carbocycles. The third-order valence-electron chi connectivity index (χ3n) is 2.05. The first-order valence-electron chi connectivity index (χ1n) is 5.28. The van der Waals surface area contributed by atoms with Gasteiger partial charge in [-0.2, -0.15) is 13.2 Å². The van der Waals surface area contributed by atoms with Gasteiger partial charge >= 0.3 is 6.18 Å². The maximum absolute atomic E-state index is 12.6. The molecule has 0 saturated heterocycles. The molecule has 0 aliphatic heterocycles. The lowest BCUT2D eigenvalue weighted by atomic mass is 10.2. The van der Waals surface area contributed by atoms with Gasteiger partial charge in [0.2, 0.25) is 0 Å². The van der Waals surface area contributed by atoms with Gasteiger partial charge in [-0.05, 0) is 24.6 Å². The molecule has 1 aromatic rings. The van der Waals surface area contributed by atoms with E-state index in [1.54, 1.807) is 0 Å². The lowest BCUT2D eigenvalue weighted by Crippen LogP contribution is -2.23. The second-order valence-corrected chi connectivity index (χ2v) is 4.44. The number of nitrogens with zero attached hydrogens (tertiary/aromatic N) is 1. The van der Waals surface area contributed by atoms with E-state index in [-0.39, 0.29) is 16.1 Å². The zero-order valence-electron chi connectivity index (χ0n) is 9.68. The Bertz CT molecular complexity index is 444. The normalized spacial score (nSPS) is 12.6. The van der Waals surface area contributed by atoms with E-state index in [0.29, 0.717) is 6.54 Å². The van der Waals surface area contributed by atoms with Crippen LogP contribution in [-0.2, 0) is 6.18 Å². The fraction of sp³-hybridized carbons (Fsp3) is 0.364. The molecule has 18 heavy (non-hydrogen) atoms. The van der Waals surface area contributed by atoms with E-state index in [0.717, 1.165) is 12.5 Å². The van der Waals surface area contributed by atoms with Crippen molar-refractivity contribution in [1.29, 1.82) is 0 Å². The van der Waals surface area contributed by atoms with Crippen LogP contribution in [0.5, 0.6) is 0 Å². The Hall–Kier alpha value is -1.24. The summed E-state index contributed by atoms with van der Waals surface area (Å²) in [6.07, 6.45) is -3.59. The number of alkyl halides is 3. The molecule has 0 spiro atoms. The summed E-state index contributed by atoms with van der Waals surface area (Å²) in [7, 11) is 0. The molecule has 0 heterocycles. The highest BCUT2D eigenvalue weighted by Crippen LogP contribution is 2.36. The number of nitrogens with two attached hydrogens (primary N) is 1. The molecular weight excluding hydrogens is 311 g/mol. The minimum Gasteiger partial charge on any atom is -0.370 e. The van der Waals surface area contributed by atoms with Crippen LogP contribution < -0.4 is 11.1 Å². The maximum atomic E-state index is 12.6. The van der Waals surface area contributed by atoms with Crippen LogP contribution in [0.3, 0.4) is 0 Å². The Morgan fingerprint density at radius 2 is 2.11 bits per heavy atom. The first kappa shape index (κ1) is 14.8. The molecule has 0 amide bonds. The van der Waals surface area contributed by atoms with Gasteiger partial charge in [0, 0.05) is 16.7 Å². The summed E-state index contributed by atoms with van der Waals surface area (Å²) >= 11 is 2.87.